The molecule has 0 saturated carbocycles. The quantitative estimate of drug-likeness (QED) is 0.416. The minimum absolute atomic E-state index is 0.139. The molecule has 2 aromatic rings. The molecule has 0 aliphatic heterocycles. The highest BCUT2D eigenvalue weighted by Crippen LogP contribution is 2.31. The molecule has 3 N–H and O–H groups in total. The normalized spacial score (nSPS) is 10.7. The van der Waals surface area contributed by atoms with Crippen molar-refractivity contribution in [3.8, 4) is 5.75 Å². The van der Waals surface area contributed by atoms with E-state index in [4.69, 9.17) is 5.11 Å². The Bertz CT molecular complexity index is 790. The van der Waals surface area contributed by atoms with E-state index in [9.17, 15) is 20.0 Å². The molecule has 118 valence electrons. The maximum atomic E-state index is 10.8. The van der Waals surface area contributed by atoms with E-state index in [1.807, 2.05) is 0 Å². The van der Waals surface area contributed by atoms with Crippen molar-refractivity contribution in [1.29, 1.82) is 0 Å². The Morgan fingerprint density at radius 1 is 1.30 bits per heavy atom. The molecule has 2 aromatic carbocycles. The van der Waals surface area contributed by atoms with E-state index < -0.39 is 10.9 Å². The average molecular weight is 380 g/mol. The summed E-state index contributed by atoms with van der Waals surface area (Å²) in [5, 5.41) is 33.3. The van der Waals surface area contributed by atoms with E-state index in [0.29, 0.717) is 5.69 Å². The fraction of sp³-hybridized carbons (Fsp3) is 0. The van der Waals surface area contributed by atoms with Crippen molar-refractivity contribution in [3.63, 3.8) is 0 Å². The molecule has 0 fully saturated rings. The fourth-order valence-electron chi connectivity index (χ4n) is 1.67. The van der Waals surface area contributed by atoms with Crippen LogP contribution in [-0.2, 0) is 0 Å². The molecule has 0 aromatic heterocycles. The Hall–Kier alpha value is -2.94. The van der Waals surface area contributed by atoms with Crippen molar-refractivity contribution in [1.82, 2.24) is 0 Å². The van der Waals surface area contributed by atoms with Crippen LogP contribution in [0.1, 0.15) is 15.9 Å². The molecule has 0 saturated heterocycles. The molecule has 23 heavy (non-hydrogen) atoms. The number of hydrazone groups is 1. The lowest BCUT2D eigenvalue weighted by molar-refractivity contribution is -0.385. The third-order valence-electron chi connectivity index (χ3n) is 2.82. The molecule has 0 unspecified atom stereocenters. The van der Waals surface area contributed by atoms with Crippen molar-refractivity contribution in [2.75, 3.05) is 5.43 Å². The van der Waals surface area contributed by atoms with Gasteiger partial charge in [-0.2, -0.15) is 5.10 Å². The molecule has 0 atom stereocenters. The number of aromatic hydroxyl groups is 1. The van der Waals surface area contributed by atoms with Crippen molar-refractivity contribution in [2.45, 2.75) is 0 Å². The summed E-state index contributed by atoms with van der Waals surface area (Å²) in [6.45, 7) is 0. The van der Waals surface area contributed by atoms with Gasteiger partial charge < -0.3 is 10.2 Å². The second kappa shape index (κ2) is 6.88. The lowest BCUT2D eigenvalue weighted by atomic mass is 10.2. The summed E-state index contributed by atoms with van der Waals surface area (Å²) in [5.41, 5.74) is 3.26. The summed E-state index contributed by atoms with van der Waals surface area (Å²) in [5.74, 6) is -1.21. The van der Waals surface area contributed by atoms with Gasteiger partial charge in [0, 0.05) is 17.7 Å². The number of carbonyl (C=O) groups is 1. The van der Waals surface area contributed by atoms with Crippen molar-refractivity contribution in [2.24, 2.45) is 5.10 Å². The zero-order valence-electron chi connectivity index (χ0n) is 11.4. The van der Waals surface area contributed by atoms with E-state index in [-0.39, 0.29) is 27.0 Å². The predicted molar refractivity (Wildman–Crippen MR) is 87.1 cm³/mol. The SMILES string of the molecule is O=C(O)c1ccc(N/N=C/c2cc([N+](=O)[O-])cc(Br)c2O)cc1. The number of halogens is 1. The summed E-state index contributed by atoms with van der Waals surface area (Å²) < 4.78 is 0.180. The number of aromatic carboxylic acids is 1. The van der Waals surface area contributed by atoms with Gasteiger partial charge in [0.2, 0.25) is 0 Å². The van der Waals surface area contributed by atoms with Gasteiger partial charge in [-0.05, 0) is 40.2 Å². The minimum atomic E-state index is -1.04. The molecule has 0 heterocycles. The Labute approximate surface area is 138 Å². The van der Waals surface area contributed by atoms with Gasteiger partial charge in [-0.25, -0.2) is 4.79 Å². The van der Waals surface area contributed by atoms with Crippen molar-refractivity contribution < 1.29 is 19.9 Å². The Morgan fingerprint density at radius 3 is 2.52 bits per heavy atom. The number of rotatable bonds is 5. The van der Waals surface area contributed by atoms with Crippen molar-refractivity contribution >= 4 is 39.5 Å². The first-order valence-corrected chi connectivity index (χ1v) is 6.97. The van der Waals surface area contributed by atoms with E-state index in [2.05, 4.69) is 26.5 Å². The molecule has 0 aliphatic rings. The molecule has 0 radical (unpaired) electrons. The zero-order chi connectivity index (χ0) is 17.0. The number of non-ortho nitro benzene ring substituents is 1. The van der Waals surface area contributed by atoms with Gasteiger partial charge in [0.1, 0.15) is 5.75 Å². The number of phenolic OH excluding ortho intramolecular Hbond substituents is 1. The lowest BCUT2D eigenvalue weighted by Crippen LogP contribution is -1.97. The maximum Gasteiger partial charge on any atom is 0.335 e. The summed E-state index contributed by atoms with van der Waals surface area (Å²) in [6.07, 6.45) is 1.22. The van der Waals surface area contributed by atoms with Gasteiger partial charge in [-0.3, -0.25) is 15.5 Å². The topological polar surface area (TPSA) is 125 Å². The number of nitro groups is 1. The summed E-state index contributed by atoms with van der Waals surface area (Å²) in [7, 11) is 0. The number of hydrogen-bond acceptors (Lipinski definition) is 6. The predicted octanol–water partition coefficient (Wildman–Crippen LogP) is 3.21. The minimum Gasteiger partial charge on any atom is -0.506 e. The second-order valence-electron chi connectivity index (χ2n) is 4.38. The van der Waals surface area contributed by atoms with Crippen LogP contribution in [0.15, 0.2) is 46.0 Å². The van der Waals surface area contributed by atoms with Gasteiger partial charge in [-0.15, -0.1) is 0 Å². The second-order valence-corrected chi connectivity index (χ2v) is 5.23. The molecule has 9 heteroatoms. The zero-order valence-corrected chi connectivity index (χ0v) is 13.0. The molecular weight excluding hydrogens is 370 g/mol. The largest absolute Gasteiger partial charge is 0.506 e. The van der Waals surface area contributed by atoms with Crippen LogP contribution >= 0.6 is 15.9 Å². The van der Waals surface area contributed by atoms with Gasteiger partial charge in [0.25, 0.3) is 5.69 Å². The molecule has 0 bridgehead atoms. The third-order valence-corrected chi connectivity index (χ3v) is 3.42. The molecule has 0 spiro atoms. The smallest absolute Gasteiger partial charge is 0.335 e. The third kappa shape index (κ3) is 4.04. The first kappa shape index (κ1) is 16.4. The molecule has 0 amide bonds. The van der Waals surface area contributed by atoms with Gasteiger partial charge >= 0.3 is 5.97 Å². The molecule has 2 rings (SSSR count). The van der Waals surface area contributed by atoms with Crippen LogP contribution in [0, 0.1) is 10.1 Å². The number of nitro benzene ring substituents is 1. The lowest BCUT2D eigenvalue weighted by Gasteiger charge is -2.03. The van der Waals surface area contributed by atoms with Crippen molar-refractivity contribution in [3.05, 3.63) is 62.1 Å². The average Bonchev–Trinajstić information content (AvgIpc) is 2.51. The number of hydrogen-bond donors (Lipinski definition) is 3. The van der Waals surface area contributed by atoms with Gasteiger partial charge in [0.05, 0.1) is 26.9 Å². The first-order valence-electron chi connectivity index (χ1n) is 6.18. The molecular formula is C14H10BrN3O5. The molecule has 8 nitrogen and oxygen atoms in total. The number of anilines is 1. The number of nitrogens with one attached hydrogen (secondary N) is 1. The fourth-order valence-corrected chi connectivity index (χ4v) is 2.14. The highest BCUT2D eigenvalue weighted by molar-refractivity contribution is 9.10. The van der Waals surface area contributed by atoms with Crippen LogP contribution in [0.2, 0.25) is 0 Å². The van der Waals surface area contributed by atoms with Gasteiger partial charge in [-0.1, -0.05) is 0 Å². The Morgan fingerprint density at radius 2 is 1.96 bits per heavy atom. The number of carboxylic acids is 1. The molecule has 0 aliphatic carbocycles. The van der Waals surface area contributed by atoms with E-state index in [1.165, 1.54) is 42.6 Å². The summed E-state index contributed by atoms with van der Waals surface area (Å²) in [4.78, 5) is 20.9. The van der Waals surface area contributed by atoms with Crippen LogP contribution in [0.5, 0.6) is 5.75 Å². The number of phenols is 1. The highest BCUT2D eigenvalue weighted by Gasteiger charge is 2.13. The van der Waals surface area contributed by atoms with Crippen LogP contribution in [-0.4, -0.2) is 27.3 Å². The summed E-state index contributed by atoms with van der Waals surface area (Å²) in [6, 6.07) is 8.21. The first-order chi connectivity index (χ1) is 10.9. The number of benzene rings is 2. The Kier molecular flexibility index (Phi) is 4.91. The van der Waals surface area contributed by atoms with Crippen LogP contribution in [0.4, 0.5) is 11.4 Å². The number of carboxylic acid groups (broad SMARTS) is 1. The Balaban J connectivity index is 2.17. The van der Waals surface area contributed by atoms with Crippen LogP contribution in [0.3, 0.4) is 0 Å². The summed E-state index contributed by atoms with van der Waals surface area (Å²) >= 11 is 3.03. The highest BCUT2D eigenvalue weighted by atomic mass is 79.9. The van der Waals surface area contributed by atoms with Crippen LogP contribution < -0.4 is 5.43 Å². The van der Waals surface area contributed by atoms with E-state index in [1.54, 1.807) is 0 Å². The number of nitrogens with zero attached hydrogens (tertiary/aromatic N) is 2. The van der Waals surface area contributed by atoms with E-state index in [0.717, 1.165) is 0 Å². The maximum absolute atomic E-state index is 10.8. The van der Waals surface area contributed by atoms with E-state index >= 15 is 0 Å². The van der Waals surface area contributed by atoms with Gasteiger partial charge in [0.15, 0.2) is 0 Å². The monoisotopic (exact) mass is 379 g/mol. The van der Waals surface area contributed by atoms with Crippen LogP contribution in [0.25, 0.3) is 0 Å². The standard InChI is InChI=1S/C14H10BrN3O5/c15-12-6-11(18(22)23)5-9(13(12)19)7-16-17-10-3-1-8(2-4-10)14(20)21/h1-7,17,19H,(H,20,21)/b16-7+.